The molecule has 0 N–H and O–H groups in total. The van der Waals surface area contributed by atoms with Crippen LogP contribution >= 0.6 is 0 Å². The lowest BCUT2D eigenvalue weighted by Gasteiger charge is -2.34. The van der Waals surface area contributed by atoms with E-state index in [1.807, 2.05) is 16.7 Å². The van der Waals surface area contributed by atoms with Crippen LogP contribution in [0.4, 0.5) is 10.3 Å². The van der Waals surface area contributed by atoms with Crippen molar-refractivity contribution in [1.82, 2.24) is 9.88 Å². The lowest BCUT2D eigenvalue weighted by Crippen LogP contribution is -2.48. The molecule has 2 aromatic rings. The third-order valence-corrected chi connectivity index (χ3v) is 4.40. The van der Waals surface area contributed by atoms with Gasteiger partial charge in [-0.3, -0.25) is 4.79 Å². The number of carbonyl (C=O) groups is 1. The van der Waals surface area contributed by atoms with Crippen LogP contribution in [0.25, 0.3) is 12.2 Å². The van der Waals surface area contributed by atoms with Crippen molar-refractivity contribution in [2.45, 2.75) is 19.8 Å². The number of carbonyl (C=O) groups excluding carboxylic acids is 1. The standard InChI is InChI=1S/C20H21FN4O2/c1-2-3-19(26)24-10-12-25(13-11-24)20-17(14-22)23-18(27-20)9-6-15-4-7-16(21)8-5-15/h4-9H,2-3,10-13H2,1H3. The lowest BCUT2D eigenvalue weighted by atomic mass is 10.2. The number of nitriles is 1. The van der Waals surface area contributed by atoms with Crippen LogP contribution in [0, 0.1) is 17.1 Å². The second-order valence-corrected chi connectivity index (χ2v) is 6.32. The van der Waals surface area contributed by atoms with E-state index in [0.717, 1.165) is 12.0 Å². The minimum Gasteiger partial charge on any atom is -0.420 e. The van der Waals surface area contributed by atoms with Crippen molar-refractivity contribution < 1.29 is 13.6 Å². The molecule has 1 fully saturated rings. The van der Waals surface area contributed by atoms with E-state index in [1.165, 1.54) is 12.1 Å². The molecule has 0 aliphatic carbocycles. The molecule has 6 nitrogen and oxygen atoms in total. The van der Waals surface area contributed by atoms with Gasteiger partial charge in [-0.2, -0.15) is 10.2 Å². The van der Waals surface area contributed by atoms with E-state index in [1.54, 1.807) is 24.3 Å². The second-order valence-electron chi connectivity index (χ2n) is 6.32. The van der Waals surface area contributed by atoms with Gasteiger partial charge in [0.25, 0.3) is 0 Å². The van der Waals surface area contributed by atoms with Crippen LogP contribution in [0.5, 0.6) is 0 Å². The highest BCUT2D eigenvalue weighted by Crippen LogP contribution is 2.24. The predicted molar refractivity (Wildman–Crippen MR) is 100 cm³/mol. The zero-order valence-corrected chi connectivity index (χ0v) is 15.2. The first-order valence-electron chi connectivity index (χ1n) is 8.98. The number of piperazine rings is 1. The summed E-state index contributed by atoms with van der Waals surface area (Å²) in [7, 11) is 0. The van der Waals surface area contributed by atoms with Crippen molar-refractivity contribution >= 4 is 23.9 Å². The van der Waals surface area contributed by atoms with Crippen molar-refractivity contribution in [3.8, 4) is 6.07 Å². The highest BCUT2D eigenvalue weighted by Gasteiger charge is 2.25. The largest absolute Gasteiger partial charge is 0.420 e. The van der Waals surface area contributed by atoms with Gasteiger partial charge in [0, 0.05) is 38.7 Å². The van der Waals surface area contributed by atoms with Gasteiger partial charge in [0.2, 0.25) is 23.4 Å². The van der Waals surface area contributed by atoms with E-state index in [0.29, 0.717) is 44.4 Å². The number of nitrogens with zero attached hydrogens (tertiary/aromatic N) is 4. The van der Waals surface area contributed by atoms with Gasteiger partial charge >= 0.3 is 0 Å². The third kappa shape index (κ3) is 4.53. The molecule has 27 heavy (non-hydrogen) atoms. The molecule has 7 heteroatoms. The summed E-state index contributed by atoms with van der Waals surface area (Å²) >= 11 is 0. The average Bonchev–Trinajstić information content (AvgIpc) is 3.11. The fourth-order valence-electron chi connectivity index (χ4n) is 2.96. The normalized spacial score (nSPS) is 14.6. The van der Waals surface area contributed by atoms with E-state index in [-0.39, 0.29) is 17.4 Å². The summed E-state index contributed by atoms with van der Waals surface area (Å²) in [6, 6.07) is 8.11. The van der Waals surface area contributed by atoms with E-state index < -0.39 is 0 Å². The van der Waals surface area contributed by atoms with Crippen LogP contribution in [0.15, 0.2) is 28.7 Å². The molecular formula is C20H21FN4O2. The summed E-state index contributed by atoms with van der Waals surface area (Å²) in [5, 5.41) is 9.36. The highest BCUT2D eigenvalue weighted by molar-refractivity contribution is 5.76. The van der Waals surface area contributed by atoms with E-state index in [9.17, 15) is 14.4 Å². The Labute approximate surface area is 157 Å². The Hall–Kier alpha value is -3.14. The Morgan fingerprint density at radius 1 is 1.26 bits per heavy atom. The molecule has 1 aliphatic heterocycles. The SMILES string of the molecule is CCCC(=O)N1CCN(c2oc(C=Cc3ccc(F)cc3)nc2C#N)CC1. The van der Waals surface area contributed by atoms with Crippen LogP contribution < -0.4 is 4.90 Å². The van der Waals surface area contributed by atoms with Gasteiger partial charge < -0.3 is 14.2 Å². The average molecular weight is 368 g/mol. The molecule has 1 aromatic heterocycles. The van der Waals surface area contributed by atoms with Crippen molar-refractivity contribution in [3.05, 3.63) is 47.2 Å². The van der Waals surface area contributed by atoms with Gasteiger partial charge in [0.05, 0.1) is 0 Å². The zero-order chi connectivity index (χ0) is 19.2. The molecule has 0 spiro atoms. The van der Waals surface area contributed by atoms with Crippen molar-refractivity contribution in [1.29, 1.82) is 5.26 Å². The molecule has 2 heterocycles. The van der Waals surface area contributed by atoms with E-state index in [4.69, 9.17) is 4.42 Å². The Bertz CT molecular complexity index is 859. The number of hydrogen-bond acceptors (Lipinski definition) is 5. The number of amides is 1. The Balaban J connectivity index is 1.69. The molecule has 1 aliphatic rings. The monoisotopic (exact) mass is 368 g/mol. The number of aromatic nitrogens is 1. The van der Waals surface area contributed by atoms with E-state index >= 15 is 0 Å². The van der Waals surface area contributed by atoms with Crippen LogP contribution in [-0.2, 0) is 4.79 Å². The number of oxazole rings is 1. The van der Waals surface area contributed by atoms with Gasteiger partial charge in [0.1, 0.15) is 11.9 Å². The van der Waals surface area contributed by atoms with Gasteiger partial charge in [-0.25, -0.2) is 4.39 Å². The Morgan fingerprint density at radius 2 is 1.96 bits per heavy atom. The fraction of sp³-hybridized carbons (Fsp3) is 0.350. The van der Waals surface area contributed by atoms with Crippen molar-refractivity contribution in [3.63, 3.8) is 0 Å². The van der Waals surface area contributed by atoms with Crippen LogP contribution in [0.1, 0.15) is 36.9 Å². The molecule has 1 aromatic carbocycles. The maximum atomic E-state index is 13.0. The Kier molecular flexibility index (Phi) is 5.87. The van der Waals surface area contributed by atoms with Crippen LogP contribution in [-0.4, -0.2) is 42.0 Å². The van der Waals surface area contributed by atoms with Gasteiger partial charge in [-0.15, -0.1) is 0 Å². The van der Waals surface area contributed by atoms with Crippen molar-refractivity contribution in [2.75, 3.05) is 31.1 Å². The summed E-state index contributed by atoms with van der Waals surface area (Å²) in [6.07, 6.45) is 4.80. The summed E-state index contributed by atoms with van der Waals surface area (Å²) < 4.78 is 18.7. The summed E-state index contributed by atoms with van der Waals surface area (Å²) in [6.45, 7) is 4.39. The first-order valence-corrected chi connectivity index (χ1v) is 8.98. The molecule has 0 radical (unpaired) electrons. The summed E-state index contributed by atoms with van der Waals surface area (Å²) in [5.74, 6) is 0.612. The maximum Gasteiger partial charge on any atom is 0.235 e. The topological polar surface area (TPSA) is 73.4 Å². The first kappa shape index (κ1) is 18.6. The molecule has 1 amide bonds. The quantitative estimate of drug-likeness (QED) is 0.810. The molecule has 1 saturated heterocycles. The summed E-state index contributed by atoms with van der Waals surface area (Å²) in [5.41, 5.74) is 1.03. The first-order chi connectivity index (χ1) is 13.1. The molecule has 0 atom stereocenters. The van der Waals surface area contributed by atoms with Gasteiger partial charge in [-0.1, -0.05) is 19.1 Å². The summed E-state index contributed by atoms with van der Waals surface area (Å²) in [4.78, 5) is 20.0. The number of benzene rings is 1. The Morgan fingerprint density at radius 3 is 2.59 bits per heavy atom. The third-order valence-electron chi connectivity index (χ3n) is 4.40. The van der Waals surface area contributed by atoms with Crippen molar-refractivity contribution in [2.24, 2.45) is 0 Å². The molecule has 0 unspecified atom stereocenters. The molecule has 0 saturated carbocycles. The van der Waals surface area contributed by atoms with Crippen LogP contribution in [0.2, 0.25) is 0 Å². The minimum absolute atomic E-state index is 0.165. The fourth-order valence-corrected chi connectivity index (χ4v) is 2.96. The van der Waals surface area contributed by atoms with E-state index in [2.05, 4.69) is 11.1 Å². The molecule has 3 rings (SSSR count). The van der Waals surface area contributed by atoms with Crippen LogP contribution in [0.3, 0.4) is 0 Å². The number of hydrogen-bond donors (Lipinski definition) is 0. The molecular weight excluding hydrogens is 347 g/mol. The minimum atomic E-state index is -0.297. The second kappa shape index (κ2) is 8.49. The van der Waals surface area contributed by atoms with Gasteiger partial charge in [0.15, 0.2) is 0 Å². The smallest absolute Gasteiger partial charge is 0.235 e. The molecule has 140 valence electrons. The molecule has 0 bridgehead atoms. The zero-order valence-electron chi connectivity index (χ0n) is 15.2. The lowest BCUT2D eigenvalue weighted by molar-refractivity contribution is -0.131. The number of anilines is 1. The highest BCUT2D eigenvalue weighted by atomic mass is 19.1. The van der Waals surface area contributed by atoms with Gasteiger partial charge in [-0.05, 0) is 30.2 Å². The number of rotatable bonds is 5. The maximum absolute atomic E-state index is 13.0. The number of halogens is 1. The predicted octanol–water partition coefficient (Wildman–Crippen LogP) is 3.30.